The Labute approximate surface area is 195 Å². The first-order chi connectivity index (χ1) is 15.9. The maximum Gasteiger partial charge on any atom is 0.247 e. The van der Waals surface area contributed by atoms with Gasteiger partial charge in [-0.15, -0.1) is 0 Å². The van der Waals surface area contributed by atoms with E-state index in [-0.39, 0.29) is 36.4 Å². The van der Waals surface area contributed by atoms with E-state index < -0.39 is 0 Å². The van der Waals surface area contributed by atoms with Crippen LogP contribution in [0.25, 0.3) is 5.69 Å². The molecule has 0 N–H and O–H groups in total. The highest BCUT2D eigenvalue weighted by molar-refractivity contribution is 6.00. The van der Waals surface area contributed by atoms with Crippen molar-refractivity contribution in [2.45, 2.75) is 52.1 Å². The number of para-hydroxylation sites is 2. The van der Waals surface area contributed by atoms with Gasteiger partial charge in [-0.2, -0.15) is 0 Å². The molecule has 2 heterocycles. The maximum atomic E-state index is 14.0. The SMILES string of the molecule is Cc1cccc(C2c3cccn3-c3ccccc3N2C(=O)CN(C(=O)CC(C)C)C2CC2)c1. The lowest BCUT2D eigenvalue weighted by Crippen LogP contribution is -2.47. The van der Waals surface area contributed by atoms with E-state index in [0.29, 0.717) is 6.42 Å². The van der Waals surface area contributed by atoms with Gasteiger partial charge in [0.15, 0.2) is 0 Å². The first-order valence-corrected chi connectivity index (χ1v) is 11.9. The molecule has 5 heteroatoms. The van der Waals surface area contributed by atoms with Crippen molar-refractivity contribution in [1.82, 2.24) is 9.47 Å². The fourth-order valence-electron chi connectivity index (χ4n) is 4.91. The van der Waals surface area contributed by atoms with E-state index in [2.05, 4.69) is 42.0 Å². The number of carbonyl (C=O) groups is 2. The first-order valence-electron chi connectivity index (χ1n) is 11.9. The van der Waals surface area contributed by atoms with Crippen LogP contribution in [0.3, 0.4) is 0 Å². The highest BCUT2D eigenvalue weighted by Gasteiger charge is 2.39. The molecule has 1 saturated carbocycles. The molecule has 0 bridgehead atoms. The molecule has 2 amide bonds. The fraction of sp³-hybridized carbons (Fsp3) is 0.357. The number of aryl methyl sites for hydroxylation is 1. The van der Waals surface area contributed by atoms with Crippen molar-refractivity contribution in [2.75, 3.05) is 11.4 Å². The molecule has 5 nitrogen and oxygen atoms in total. The monoisotopic (exact) mass is 441 g/mol. The summed E-state index contributed by atoms with van der Waals surface area (Å²) in [6.45, 7) is 6.29. The minimum atomic E-state index is -0.247. The summed E-state index contributed by atoms with van der Waals surface area (Å²) in [6, 6.07) is 20.5. The molecule has 170 valence electrons. The first kappa shape index (κ1) is 21.5. The van der Waals surface area contributed by atoms with Gasteiger partial charge in [0.25, 0.3) is 0 Å². The zero-order valence-corrected chi connectivity index (χ0v) is 19.6. The summed E-state index contributed by atoms with van der Waals surface area (Å²) in [4.78, 5) is 30.8. The molecular formula is C28H31N3O2. The molecule has 1 atom stereocenters. The Hall–Kier alpha value is -3.34. The average Bonchev–Trinajstić information content (AvgIpc) is 3.51. The van der Waals surface area contributed by atoms with Crippen LogP contribution in [0.4, 0.5) is 5.69 Å². The predicted molar refractivity (Wildman–Crippen MR) is 130 cm³/mol. The summed E-state index contributed by atoms with van der Waals surface area (Å²) in [5.41, 5.74) is 5.15. The van der Waals surface area contributed by atoms with Crippen molar-refractivity contribution in [3.63, 3.8) is 0 Å². The van der Waals surface area contributed by atoms with Crippen LogP contribution in [-0.2, 0) is 9.59 Å². The van der Waals surface area contributed by atoms with Crippen LogP contribution < -0.4 is 4.90 Å². The van der Waals surface area contributed by atoms with E-state index in [0.717, 1.165) is 41.0 Å². The normalized spacial score (nSPS) is 17.0. The molecule has 0 radical (unpaired) electrons. The number of amides is 2. The maximum absolute atomic E-state index is 14.0. The van der Waals surface area contributed by atoms with E-state index in [4.69, 9.17) is 0 Å². The molecule has 0 spiro atoms. The van der Waals surface area contributed by atoms with Gasteiger partial charge in [-0.3, -0.25) is 14.5 Å². The highest BCUT2D eigenvalue weighted by atomic mass is 16.2. The minimum absolute atomic E-state index is 0.0367. The molecule has 1 aliphatic carbocycles. The van der Waals surface area contributed by atoms with Crippen molar-refractivity contribution in [1.29, 1.82) is 0 Å². The number of rotatable bonds is 6. The van der Waals surface area contributed by atoms with Crippen molar-refractivity contribution in [3.8, 4) is 5.69 Å². The molecule has 0 saturated heterocycles. The quantitative estimate of drug-likeness (QED) is 0.524. The van der Waals surface area contributed by atoms with Gasteiger partial charge in [0.1, 0.15) is 12.6 Å². The summed E-state index contributed by atoms with van der Waals surface area (Å²) in [5.74, 6) is 0.319. The van der Waals surface area contributed by atoms with Crippen molar-refractivity contribution in [3.05, 3.63) is 83.7 Å². The Morgan fingerprint density at radius 1 is 1.00 bits per heavy atom. The number of fused-ring (bicyclic) bond motifs is 3. The number of anilines is 1. The van der Waals surface area contributed by atoms with Gasteiger partial charge in [-0.25, -0.2) is 0 Å². The topological polar surface area (TPSA) is 45.6 Å². The van der Waals surface area contributed by atoms with Crippen LogP contribution in [0.2, 0.25) is 0 Å². The Balaban J connectivity index is 1.57. The largest absolute Gasteiger partial charge is 0.330 e. The zero-order valence-electron chi connectivity index (χ0n) is 19.6. The zero-order chi connectivity index (χ0) is 23.1. The Kier molecular flexibility index (Phi) is 5.57. The number of hydrogen-bond donors (Lipinski definition) is 0. The number of carbonyl (C=O) groups excluding carboxylic acids is 2. The smallest absolute Gasteiger partial charge is 0.247 e. The molecule has 2 aliphatic rings. The molecule has 1 aliphatic heterocycles. The number of benzene rings is 2. The van der Waals surface area contributed by atoms with Gasteiger partial charge in [0.05, 0.1) is 17.1 Å². The van der Waals surface area contributed by atoms with Gasteiger partial charge in [-0.05, 0) is 55.5 Å². The van der Waals surface area contributed by atoms with Crippen LogP contribution in [0.1, 0.15) is 56.0 Å². The number of nitrogens with zero attached hydrogens (tertiary/aromatic N) is 3. The lowest BCUT2D eigenvalue weighted by Gasteiger charge is -2.39. The second-order valence-corrected chi connectivity index (χ2v) is 9.72. The Bertz CT molecular complexity index is 1190. The summed E-state index contributed by atoms with van der Waals surface area (Å²) >= 11 is 0. The molecule has 2 aromatic carbocycles. The Morgan fingerprint density at radius 3 is 2.45 bits per heavy atom. The van der Waals surface area contributed by atoms with Gasteiger partial charge in [0.2, 0.25) is 11.8 Å². The average molecular weight is 442 g/mol. The van der Waals surface area contributed by atoms with E-state index in [1.54, 1.807) is 0 Å². The van der Waals surface area contributed by atoms with E-state index >= 15 is 0 Å². The number of hydrogen-bond acceptors (Lipinski definition) is 2. The summed E-state index contributed by atoms with van der Waals surface area (Å²) in [7, 11) is 0. The van der Waals surface area contributed by atoms with Crippen LogP contribution in [0, 0.1) is 12.8 Å². The van der Waals surface area contributed by atoms with Crippen LogP contribution in [0.5, 0.6) is 0 Å². The van der Waals surface area contributed by atoms with Crippen LogP contribution in [0.15, 0.2) is 66.9 Å². The highest BCUT2D eigenvalue weighted by Crippen LogP contribution is 2.42. The predicted octanol–water partition coefficient (Wildman–Crippen LogP) is 5.26. The summed E-state index contributed by atoms with van der Waals surface area (Å²) < 4.78 is 2.18. The van der Waals surface area contributed by atoms with E-state index in [9.17, 15) is 9.59 Å². The molecule has 33 heavy (non-hydrogen) atoms. The minimum Gasteiger partial charge on any atom is -0.330 e. The van der Waals surface area contributed by atoms with Crippen molar-refractivity contribution in [2.24, 2.45) is 5.92 Å². The second-order valence-electron chi connectivity index (χ2n) is 9.72. The van der Waals surface area contributed by atoms with Crippen LogP contribution in [-0.4, -0.2) is 33.9 Å². The number of aromatic nitrogens is 1. The van der Waals surface area contributed by atoms with Crippen molar-refractivity contribution < 1.29 is 9.59 Å². The molecule has 3 aromatic rings. The lowest BCUT2D eigenvalue weighted by atomic mass is 9.96. The lowest BCUT2D eigenvalue weighted by molar-refractivity contribution is -0.136. The van der Waals surface area contributed by atoms with Crippen molar-refractivity contribution >= 4 is 17.5 Å². The molecule has 1 fully saturated rings. The third kappa shape index (κ3) is 4.08. The van der Waals surface area contributed by atoms with Gasteiger partial charge in [-0.1, -0.05) is 55.8 Å². The van der Waals surface area contributed by atoms with E-state index in [1.807, 2.05) is 60.0 Å². The Morgan fingerprint density at radius 2 is 1.76 bits per heavy atom. The summed E-state index contributed by atoms with van der Waals surface area (Å²) in [6.07, 6.45) is 4.50. The van der Waals surface area contributed by atoms with Gasteiger partial charge < -0.3 is 9.47 Å². The molecule has 5 rings (SSSR count). The van der Waals surface area contributed by atoms with Crippen LogP contribution >= 0.6 is 0 Å². The molecule has 1 aromatic heterocycles. The third-order valence-corrected chi connectivity index (χ3v) is 6.54. The fourth-order valence-corrected chi connectivity index (χ4v) is 4.91. The summed E-state index contributed by atoms with van der Waals surface area (Å²) in [5, 5.41) is 0. The standard InChI is InChI=1S/C28H31N3O2/c1-19(2)16-26(32)30(22-13-14-22)18-27(33)31-24-11-5-4-10-23(24)29-15-7-12-25(29)28(31)21-9-6-8-20(3)17-21/h4-12,15,17,19,22,28H,13-14,16,18H2,1-3H3. The molecule has 1 unspecified atom stereocenters. The van der Waals surface area contributed by atoms with E-state index in [1.165, 1.54) is 0 Å². The third-order valence-electron chi connectivity index (χ3n) is 6.54. The van der Waals surface area contributed by atoms with Gasteiger partial charge >= 0.3 is 0 Å². The second kappa shape index (κ2) is 8.54. The molecular weight excluding hydrogens is 410 g/mol. The van der Waals surface area contributed by atoms with Gasteiger partial charge in [0, 0.05) is 18.7 Å².